The summed E-state index contributed by atoms with van der Waals surface area (Å²) in [6.07, 6.45) is -1.35. The number of nitrogens with zero attached hydrogens (tertiary/aromatic N) is 2. The molecule has 2 aromatic rings. The lowest BCUT2D eigenvalue weighted by Crippen LogP contribution is -2.43. The predicted molar refractivity (Wildman–Crippen MR) is 112 cm³/mol. The smallest absolute Gasteiger partial charge is 0.270 e. The van der Waals surface area contributed by atoms with Crippen LogP contribution in [0.1, 0.15) is 46.6 Å². The van der Waals surface area contributed by atoms with Crippen molar-refractivity contribution in [1.29, 1.82) is 5.41 Å². The second-order valence-electron chi connectivity index (χ2n) is 7.20. The number of carbonyl (C=O) groups excluding carboxylic acids is 1. The van der Waals surface area contributed by atoms with Crippen LogP contribution in [0.15, 0.2) is 30.5 Å². The zero-order valence-electron chi connectivity index (χ0n) is 17.3. The molecule has 0 saturated carbocycles. The molecule has 1 aliphatic heterocycles. The van der Waals surface area contributed by atoms with Crippen molar-refractivity contribution in [1.82, 2.24) is 20.9 Å². The Kier molecular flexibility index (Phi) is 7.11. The second-order valence-corrected chi connectivity index (χ2v) is 7.20. The molecule has 1 fully saturated rings. The molecule has 166 valence electrons. The van der Waals surface area contributed by atoms with Gasteiger partial charge in [0, 0.05) is 44.4 Å². The number of alkyl halides is 2. The van der Waals surface area contributed by atoms with Crippen LogP contribution in [0.25, 0.3) is 0 Å². The van der Waals surface area contributed by atoms with Crippen molar-refractivity contribution >= 4 is 17.4 Å². The van der Waals surface area contributed by atoms with Crippen LogP contribution in [0.5, 0.6) is 0 Å². The number of pyridine rings is 1. The first-order valence-electron chi connectivity index (χ1n) is 9.93. The maximum absolute atomic E-state index is 14.5. The number of halogens is 3. The van der Waals surface area contributed by atoms with Gasteiger partial charge in [-0.05, 0) is 13.0 Å². The number of anilines is 1. The van der Waals surface area contributed by atoms with Gasteiger partial charge in [0.1, 0.15) is 17.3 Å². The topological polar surface area (TPSA) is 93.1 Å². The Morgan fingerprint density at radius 1 is 1.26 bits per heavy atom. The molecule has 3 rings (SSSR count). The minimum atomic E-state index is -2.94. The van der Waals surface area contributed by atoms with Crippen molar-refractivity contribution in [3.63, 3.8) is 0 Å². The summed E-state index contributed by atoms with van der Waals surface area (Å²) < 4.78 is 40.6. The van der Waals surface area contributed by atoms with E-state index in [4.69, 9.17) is 5.41 Å². The molecule has 1 aliphatic rings. The molecular weight excluding hydrogens is 409 g/mol. The quantitative estimate of drug-likeness (QED) is 0.414. The number of amidine groups is 1. The van der Waals surface area contributed by atoms with Crippen LogP contribution >= 0.6 is 0 Å². The van der Waals surface area contributed by atoms with E-state index in [-0.39, 0.29) is 22.7 Å². The van der Waals surface area contributed by atoms with Gasteiger partial charge in [0.15, 0.2) is 0 Å². The summed E-state index contributed by atoms with van der Waals surface area (Å²) in [6.45, 7) is 4.68. The van der Waals surface area contributed by atoms with Crippen LogP contribution in [0.4, 0.5) is 18.9 Å². The van der Waals surface area contributed by atoms with Crippen LogP contribution in [-0.2, 0) is 0 Å². The van der Waals surface area contributed by atoms with Gasteiger partial charge < -0.3 is 20.9 Å². The van der Waals surface area contributed by atoms with E-state index in [1.807, 2.05) is 0 Å². The zero-order chi connectivity index (χ0) is 22.5. The summed E-state index contributed by atoms with van der Waals surface area (Å²) in [5.74, 6) is -1.63. The molecule has 1 aromatic heterocycles. The number of rotatable bonds is 6. The molecule has 1 atom stereocenters. The van der Waals surface area contributed by atoms with E-state index in [1.165, 1.54) is 19.2 Å². The lowest BCUT2D eigenvalue weighted by Gasteiger charge is -2.29. The number of nitrogens with one attached hydrogen (secondary N) is 4. The molecule has 4 N–H and O–H groups in total. The molecule has 1 saturated heterocycles. The Bertz CT molecular complexity index is 962. The summed E-state index contributed by atoms with van der Waals surface area (Å²) in [6, 6.07) is 4.68. The molecule has 7 nitrogen and oxygen atoms in total. The van der Waals surface area contributed by atoms with Crippen molar-refractivity contribution in [3.8, 4) is 0 Å². The molecule has 0 spiro atoms. The molecule has 31 heavy (non-hydrogen) atoms. The van der Waals surface area contributed by atoms with E-state index in [9.17, 15) is 18.0 Å². The van der Waals surface area contributed by atoms with E-state index in [2.05, 4.69) is 25.8 Å². The van der Waals surface area contributed by atoms with Crippen LogP contribution < -0.4 is 20.9 Å². The van der Waals surface area contributed by atoms with Gasteiger partial charge in [-0.3, -0.25) is 10.2 Å². The first kappa shape index (κ1) is 22.5. The largest absolute Gasteiger partial charge is 0.368 e. The number of carbonyl (C=O) groups is 1. The number of piperazine rings is 1. The molecule has 10 heteroatoms. The first-order valence-corrected chi connectivity index (χ1v) is 9.93. The molecule has 0 unspecified atom stereocenters. The number of hydrogen-bond donors (Lipinski definition) is 4. The van der Waals surface area contributed by atoms with Crippen LogP contribution in [0.2, 0.25) is 0 Å². The minimum absolute atomic E-state index is 0.00950. The number of aromatic nitrogens is 1. The maximum Gasteiger partial charge on any atom is 0.270 e. The summed E-state index contributed by atoms with van der Waals surface area (Å²) >= 11 is 0. The van der Waals surface area contributed by atoms with Gasteiger partial charge in [0.2, 0.25) is 0 Å². The van der Waals surface area contributed by atoms with E-state index in [0.29, 0.717) is 0 Å². The van der Waals surface area contributed by atoms with Gasteiger partial charge in [0.05, 0.1) is 23.5 Å². The summed E-state index contributed by atoms with van der Waals surface area (Å²) in [5.41, 5.74) is 0.371. The lowest BCUT2D eigenvalue weighted by atomic mass is 10.0. The fourth-order valence-corrected chi connectivity index (χ4v) is 3.48. The van der Waals surface area contributed by atoms with Crippen molar-refractivity contribution in [3.05, 3.63) is 58.7 Å². The Morgan fingerprint density at radius 3 is 2.58 bits per heavy atom. The molecule has 2 heterocycles. The fraction of sp³-hybridized carbons (Fsp3) is 0.381. The second kappa shape index (κ2) is 9.78. The molecule has 0 bridgehead atoms. The van der Waals surface area contributed by atoms with Crippen molar-refractivity contribution in [2.45, 2.75) is 19.4 Å². The predicted octanol–water partition coefficient (Wildman–Crippen LogP) is 2.60. The summed E-state index contributed by atoms with van der Waals surface area (Å²) in [7, 11) is 1.46. The van der Waals surface area contributed by atoms with Gasteiger partial charge in [-0.1, -0.05) is 18.2 Å². The highest BCUT2D eigenvalue weighted by atomic mass is 19.3. The van der Waals surface area contributed by atoms with E-state index in [1.54, 1.807) is 19.2 Å². The third-order valence-electron chi connectivity index (χ3n) is 5.19. The molecule has 0 radical (unpaired) electrons. The van der Waals surface area contributed by atoms with Gasteiger partial charge in [-0.25, -0.2) is 18.2 Å². The number of hydrogen-bond acceptors (Lipinski definition) is 5. The monoisotopic (exact) mass is 434 g/mol. The third kappa shape index (κ3) is 4.96. The molecular formula is C21H25F3N6O. The highest BCUT2D eigenvalue weighted by molar-refractivity contribution is 6.07. The van der Waals surface area contributed by atoms with Gasteiger partial charge in [-0.2, -0.15) is 0 Å². The average Bonchev–Trinajstić information content (AvgIpc) is 2.78. The van der Waals surface area contributed by atoms with Crippen molar-refractivity contribution in [2.24, 2.45) is 0 Å². The summed E-state index contributed by atoms with van der Waals surface area (Å²) in [4.78, 5) is 18.6. The highest BCUT2D eigenvalue weighted by Crippen LogP contribution is 2.27. The van der Waals surface area contributed by atoms with E-state index < -0.39 is 29.8 Å². The zero-order valence-corrected chi connectivity index (χ0v) is 17.3. The molecule has 1 amide bonds. The SMILES string of the molecule is CNC(=O)c1ncc(N2CCNCC2)cc1C(=N)N[C@H](C)c1cccc(C(F)F)c1F. The standard InChI is InChI=1S/C21H25F3N6O/c1-12(14-4-3-5-15(17(14)22)19(23)24)29-20(25)16-10-13(30-8-6-27-7-9-30)11-28-18(16)21(31)26-2/h3-5,10-12,19,27H,6-9H2,1-2H3,(H2,25,29)(H,26,31)/t12-/m1/s1. The van der Waals surface area contributed by atoms with Gasteiger partial charge in [-0.15, -0.1) is 0 Å². The maximum atomic E-state index is 14.5. The Balaban J connectivity index is 1.90. The van der Waals surface area contributed by atoms with Crippen molar-refractivity contribution in [2.75, 3.05) is 38.1 Å². The van der Waals surface area contributed by atoms with Crippen molar-refractivity contribution < 1.29 is 18.0 Å². The van der Waals surface area contributed by atoms with Gasteiger partial charge >= 0.3 is 0 Å². The number of amides is 1. The van der Waals surface area contributed by atoms with Crippen LogP contribution in [0.3, 0.4) is 0 Å². The van der Waals surface area contributed by atoms with Crippen LogP contribution in [0, 0.1) is 11.2 Å². The highest BCUT2D eigenvalue weighted by Gasteiger charge is 2.23. The molecule has 1 aromatic carbocycles. The third-order valence-corrected chi connectivity index (χ3v) is 5.19. The average molecular weight is 434 g/mol. The van der Waals surface area contributed by atoms with E-state index >= 15 is 0 Å². The van der Waals surface area contributed by atoms with E-state index in [0.717, 1.165) is 37.9 Å². The summed E-state index contributed by atoms with van der Waals surface area (Å²) in [5, 5.41) is 17.1. The Labute approximate surface area is 178 Å². The lowest BCUT2D eigenvalue weighted by molar-refractivity contribution is 0.0958. The normalized spacial score (nSPS) is 15.0. The Morgan fingerprint density at radius 2 is 1.94 bits per heavy atom. The first-order chi connectivity index (χ1) is 14.8. The van der Waals surface area contributed by atoms with Gasteiger partial charge in [0.25, 0.3) is 12.3 Å². The van der Waals surface area contributed by atoms with Crippen LogP contribution in [-0.4, -0.2) is 50.0 Å². The molecule has 0 aliphatic carbocycles. The minimum Gasteiger partial charge on any atom is -0.368 e. The number of benzene rings is 1. The fourth-order valence-electron chi connectivity index (χ4n) is 3.48. The Hall–Kier alpha value is -3.14.